The first kappa shape index (κ1) is 49.5. The molecular weight excluding hydrogens is 839 g/mol. The molecule has 0 aliphatic carbocycles. The summed E-state index contributed by atoms with van der Waals surface area (Å²) in [6.07, 6.45) is 2.52. The second-order valence-electron chi connectivity index (χ2n) is 20.3. The van der Waals surface area contributed by atoms with E-state index in [0.29, 0.717) is 36.9 Å². The summed E-state index contributed by atoms with van der Waals surface area (Å²) in [6, 6.07) is 11.4. The Balaban J connectivity index is 1.44. The van der Waals surface area contributed by atoms with Gasteiger partial charge >= 0.3 is 12.1 Å². The largest absolute Gasteiger partial charge is 0.508 e. The van der Waals surface area contributed by atoms with E-state index in [1.54, 1.807) is 46.8 Å². The summed E-state index contributed by atoms with van der Waals surface area (Å²) in [5, 5.41) is 19.2. The Morgan fingerprint density at radius 2 is 1.77 bits per heavy atom. The van der Waals surface area contributed by atoms with Gasteiger partial charge in [0.25, 0.3) is 5.91 Å². The number of nitrogens with one attached hydrogen (secondary N) is 3. The quantitative estimate of drug-likeness (QED) is 0.125. The second kappa shape index (κ2) is 19.9. The van der Waals surface area contributed by atoms with Gasteiger partial charge < -0.3 is 34.7 Å². The number of phenolic OH excluding ortho intramolecular Hbond substituents is 1. The zero-order chi connectivity index (χ0) is 48.4. The zero-order valence-electron chi connectivity index (χ0n) is 40.7. The lowest BCUT2D eigenvalue weighted by molar-refractivity contribution is -0.155. The van der Waals surface area contributed by atoms with Gasteiger partial charge in [0, 0.05) is 54.6 Å². The molecule has 4 atom stereocenters. The lowest BCUT2D eigenvalue weighted by Gasteiger charge is -2.37. The SMILES string of the molecule is CCn1c(-c2cccnc2C(C)C)c2c3cc(ccc31)-c1cc(O)cc(c1)C[C@H](NC(=O)[C@H](C(C)C)N(C)C(=O)[C@H](C)NC(=O)OC(C)(C)C)C(=O)N1CCC[C@H](N1)C(=O)OCC(C)(C)C2. The Labute approximate surface area is 389 Å². The van der Waals surface area contributed by atoms with Gasteiger partial charge in [-0.25, -0.2) is 10.2 Å². The van der Waals surface area contributed by atoms with Crippen LogP contribution in [0.3, 0.4) is 0 Å². The molecule has 356 valence electrons. The van der Waals surface area contributed by atoms with Crippen LogP contribution in [0.1, 0.15) is 112 Å². The first-order valence-electron chi connectivity index (χ1n) is 23.2. The molecule has 66 heavy (non-hydrogen) atoms. The number of esters is 1. The molecule has 0 unspecified atom stereocenters. The van der Waals surface area contributed by atoms with Gasteiger partial charge in [-0.05, 0) is 124 Å². The lowest BCUT2D eigenvalue weighted by atomic mass is 9.83. The number of hydrogen-bond donors (Lipinski definition) is 4. The Morgan fingerprint density at radius 3 is 2.44 bits per heavy atom. The molecule has 0 saturated carbocycles. The summed E-state index contributed by atoms with van der Waals surface area (Å²) in [5.74, 6) is -2.39. The standard InChI is InChI=1S/C51H69N7O8/c1-13-57-41-19-18-33-26-37(41)38(44(57)36-16-14-20-52-42(36)29(2)3)27-51(10,11)28-65-48(63)39-17-15-21-58(55-39)47(62)40(24-32-22-34(33)25-35(59)23-32)54-45(60)43(30(4)5)56(12)46(61)31(6)53-49(64)66-50(7,8)9/h14,16,18-20,22-23,25-26,29-31,39-40,43,55,59H,13,15,17,21,24,27-28H2,1-12H3,(H,53,64)(H,54,60)/t31-,39-,40-,43-/m0/s1. The van der Waals surface area contributed by atoms with E-state index >= 15 is 0 Å². The lowest BCUT2D eigenvalue weighted by Crippen LogP contribution is -2.62. The number of cyclic esters (lactones) is 1. The van der Waals surface area contributed by atoms with Gasteiger partial charge in [0.15, 0.2) is 0 Å². The smallest absolute Gasteiger partial charge is 0.408 e. The number of nitrogens with zero attached hydrogens (tertiary/aromatic N) is 4. The minimum absolute atomic E-state index is 0.0181. The third kappa shape index (κ3) is 11.2. The molecule has 1 saturated heterocycles. The van der Waals surface area contributed by atoms with Crippen molar-refractivity contribution in [3.05, 3.63) is 71.5 Å². The molecule has 1 fully saturated rings. The van der Waals surface area contributed by atoms with E-state index in [1.165, 1.54) is 23.9 Å². The fourth-order valence-electron chi connectivity index (χ4n) is 9.26. The first-order chi connectivity index (χ1) is 31.0. The van der Waals surface area contributed by atoms with Crippen LogP contribution in [0.5, 0.6) is 5.75 Å². The van der Waals surface area contributed by atoms with Gasteiger partial charge in [-0.3, -0.25) is 29.2 Å². The van der Waals surface area contributed by atoms with Crippen molar-refractivity contribution in [1.29, 1.82) is 0 Å². The monoisotopic (exact) mass is 908 g/mol. The molecule has 15 nitrogen and oxygen atoms in total. The van der Waals surface area contributed by atoms with Crippen LogP contribution in [0.25, 0.3) is 33.3 Å². The maximum Gasteiger partial charge on any atom is 0.408 e. The number of benzene rings is 2. The van der Waals surface area contributed by atoms with E-state index < -0.39 is 70.9 Å². The van der Waals surface area contributed by atoms with Crippen LogP contribution in [-0.2, 0) is 48.0 Å². The highest BCUT2D eigenvalue weighted by Gasteiger charge is 2.39. The molecule has 15 heteroatoms. The third-order valence-electron chi connectivity index (χ3n) is 12.3. The summed E-state index contributed by atoms with van der Waals surface area (Å²) in [7, 11) is 1.48. The number of ether oxygens (including phenoxy) is 2. The summed E-state index contributed by atoms with van der Waals surface area (Å²) in [4.78, 5) is 75.4. The number of carbonyl (C=O) groups excluding carboxylic acids is 5. The minimum atomic E-state index is -1.20. The highest BCUT2D eigenvalue weighted by atomic mass is 16.6. The molecule has 2 aliphatic heterocycles. The normalized spacial score (nSPS) is 18.9. The number of hydrogen-bond acceptors (Lipinski definition) is 10. The van der Waals surface area contributed by atoms with Gasteiger partial charge in [-0.2, -0.15) is 0 Å². The van der Waals surface area contributed by atoms with E-state index in [0.717, 1.165) is 39.0 Å². The van der Waals surface area contributed by atoms with Crippen molar-refractivity contribution in [2.45, 2.75) is 144 Å². The molecule has 2 aliphatic rings. The first-order valence-corrected chi connectivity index (χ1v) is 23.2. The van der Waals surface area contributed by atoms with Gasteiger partial charge in [-0.1, -0.05) is 53.7 Å². The third-order valence-corrected chi connectivity index (χ3v) is 12.3. The van der Waals surface area contributed by atoms with E-state index in [4.69, 9.17) is 14.5 Å². The van der Waals surface area contributed by atoms with Crippen molar-refractivity contribution >= 4 is 40.7 Å². The van der Waals surface area contributed by atoms with E-state index in [-0.39, 0.29) is 31.2 Å². The number of rotatable bonds is 9. The Hall–Kier alpha value is -5.96. The summed E-state index contributed by atoms with van der Waals surface area (Å²) < 4.78 is 13.8. The molecule has 4 amide bonds. The van der Waals surface area contributed by atoms with E-state index in [1.807, 2.05) is 24.4 Å². The molecule has 6 rings (SSSR count). The van der Waals surface area contributed by atoms with Gasteiger partial charge in [0.05, 0.1) is 18.0 Å². The van der Waals surface area contributed by atoms with Crippen molar-refractivity contribution in [2.24, 2.45) is 11.3 Å². The number of alkyl carbamates (subject to hydrolysis) is 1. The average molecular weight is 908 g/mol. The van der Waals surface area contributed by atoms with Crippen molar-refractivity contribution in [1.82, 2.24) is 35.5 Å². The molecule has 2 aromatic heterocycles. The number of carbonyl (C=O) groups is 5. The van der Waals surface area contributed by atoms with Crippen LogP contribution in [0.4, 0.5) is 4.79 Å². The van der Waals surface area contributed by atoms with Crippen molar-refractivity contribution in [2.75, 3.05) is 20.2 Å². The maximum atomic E-state index is 14.7. The minimum Gasteiger partial charge on any atom is -0.508 e. The number of likely N-dealkylation sites (N-methyl/N-ethyl adjacent to an activating group) is 1. The predicted molar refractivity (Wildman–Crippen MR) is 254 cm³/mol. The molecule has 0 spiro atoms. The number of fused-ring (bicyclic) bond motifs is 6. The average Bonchev–Trinajstić information content (AvgIpc) is 3.54. The topological polar surface area (TPSA) is 184 Å². The molecule has 4 aromatic rings. The highest BCUT2D eigenvalue weighted by Crippen LogP contribution is 2.42. The molecular formula is C51H69N7O8. The van der Waals surface area contributed by atoms with Crippen molar-refractivity contribution in [3.8, 4) is 28.1 Å². The zero-order valence-corrected chi connectivity index (χ0v) is 40.7. The van der Waals surface area contributed by atoms with Crippen LogP contribution < -0.4 is 16.1 Å². The van der Waals surface area contributed by atoms with Gasteiger partial charge in [0.1, 0.15) is 35.5 Å². The van der Waals surface area contributed by atoms with Crippen LogP contribution in [-0.4, -0.2) is 104 Å². The number of aromatic nitrogens is 2. The molecule has 4 N–H and O–H groups in total. The molecule has 6 bridgehead atoms. The number of amides is 4. The second-order valence-corrected chi connectivity index (χ2v) is 20.3. The number of phenols is 1. The van der Waals surface area contributed by atoms with Gasteiger partial charge in [-0.15, -0.1) is 0 Å². The van der Waals surface area contributed by atoms with Gasteiger partial charge in [0.2, 0.25) is 11.8 Å². The number of hydrazine groups is 1. The predicted octanol–water partition coefficient (Wildman–Crippen LogP) is 7.26. The molecule has 0 radical (unpaired) electrons. The van der Waals surface area contributed by atoms with Crippen molar-refractivity contribution in [3.63, 3.8) is 0 Å². The van der Waals surface area contributed by atoms with Crippen LogP contribution in [0.15, 0.2) is 54.7 Å². The van der Waals surface area contributed by atoms with Crippen LogP contribution in [0.2, 0.25) is 0 Å². The highest BCUT2D eigenvalue weighted by molar-refractivity contribution is 5.96. The number of aromatic hydroxyl groups is 1. The summed E-state index contributed by atoms with van der Waals surface area (Å²) in [6.45, 7) is 21.9. The van der Waals surface area contributed by atoms with E-state index in [9.17, 15) is 29.1 Å². The van der Waals surface area contributed by atoms with Crippen LogP contribution in [0, 0.1) is 11.3 Å². The fraction of sp³-hybridized carbons (Fsp3) is 0.529. The summed E-state index contributed by atoms with van der Waals surface area (Å²) >= 11 is 0. The molecule has 2 aromatic carbocycles. The Bertz CT molecular complexity index is 2470. The Morgan fingerprint density at radius 1 is 1.05 bits per heavy atom. The van der Waals surface area contributed by atoms with E-state index in [2.05, 4.69) is 73.4 Å². The summed E-state index contributed by atoms with van der Waals surface area (Å²) in [5.41, 5.74) is 9.15. The number of pyridine rings is 1. The van der Waals surface area contributed by atoms with Crippen LogP contribution >= 0.6 is 0 Å². The van der Waals surface area contributed by atoms with Crippen molar-refractivity contribution < 1.29 is 38.6 Å². The fourth-order valence-corrected chi connectivity index (χ4v) is 9.26. The molecule has 4 heterocycles. The maximum absolute atomic E-state index is 14.7. The Kier molecular flexibility index (Phi) is 14.9. The number of aryl methyl sites for hydroxylation is 1.